The van der Waals surface area contributed by atoms with Crippen molar-refractivity contribution < 1.29 is 0 Å². The van der Waals surface area contributed by atoms with Gasteiger partial charge < -0.3 is 10.6 Å². The first-order chi connectivity index (χ1) is 11.3. The lowest BCUT2D eigenvalue weighted by Gasteiger charge is -2.18. The number of aromatic nitrogens is 1. The first-order valence-corrected chi connectivity index (χ1v) is 8.22. The van der Waals surface area contributed by atoms with Gasteiger partial charge in [-0.05, 0) is 24.1 Å². The molecule has 1 aromatic heterocycles. The SMILES string of the molecule is CCC(CNC(=NC)NCCc1ccccn1)c1ccccc1.I. The van der Waals surface area contributed by atoms with Gasteiger partial charge in [-0.2, -0.15) is 0 Å². The molecule has 0 aliphatic carbocycles. The van der Waals surface area contributed by atoms with E-state index in [1.54, 1.807) is 7.05 Å². The summed E-state index contributed by atoms with van der Waals surface area (Å²) in [5, 5.41) is 6.77. The van der Waals surface area contributed by atoms with E-state index in [0.29, 0.717) is 5.92 Å². The lowest BCUT2D eigenvalue weighted by molar-refractivity contribution is 0.629. The van der Waals surface area contributed by atoms with Crippen LogP contribution in [-0.2, 0) is 6.42 Å². The predicted molar refractivity (Wildman–Crippen MR) is 112 cm³/mol. The number of guanidine groups is 1. The van der Waals surface area contributed by atoms with Gasteiger partial charge in [-0.15, -0.1) is 24.0 Å². The summed E-state index contributed by atoms with van der Waals surface area (Å²) >= 11 is 0. The molecule has 5 heteroatoms. The highest BCUT2D eigenvalue weighted by Crippen LogP contribution is 2.17. The van der Waals surface area contributed by atoms with Gasteiger partial charge in [-0.1, -0.05) is 43.3 Å². The fourth-order valence-electron chi connectivity index (χ4n) is 2.52. The van der Waals surface area contributed by atoms with Crippen LogP contribution in [0.4, 0.5) is 0 Å². The maximum absolute atomic E-state index is 4.33. The van der Waals surface area contributed by atoms with E-state index in [-0.39, 0.29) is 24.0 Å². The first-order valence-electron chi connectivity index (χ1n) is 8.22. The van der Waals surface area contributed by atoms with E-state index < -0.39 is 0 Å². The minimum absolute atomic E-state index is 0. The number of aliphatic imine (C=N–C) groups is 1. The van der Waals surface area contributed by atoms with Gasteiger partial charge in [0, 0.05) is 44.4 Å². The summed E-state index contributed by atoms with van der Waals surface area (Å²) in [6.07, 6.45) is 3.81. The minimum Gasteiger partial charge on any atom is -0.356 e. The molecule has 0 bridgehead atoms. The molecule has 0 amide bonds. The molecule has 0 fully saturated rings. The zero-order valence-electron chi connectivity index (χ0n) is 14.4. The van der Waals surface area contributed by atoms with E-state index in [2.05, 4.69) is 57.9 Å². The van der Waals surface area contributed by atoms with Gasteiger partial charge in [-0.3, -0.25) is 9.98 Å². The maximum atomic E-state index is 4.33. The van der Waals surface area contributed by atoms with Crippen LogP contribution in [0.1, 0.15) is 30.5 Å². The molecule has 1 unspecified atom stereocenters. The van der Waals surface area contributed by atoms with Crippen LogP contribution in [0.3, 0.4) is 0 Å². The molecule has 1 aromatic carbocycles. The number of rotatable bonds is 7. The highest BCUT2D eigenvalue weighted by Gasteiger charge is 2.09. The van der Waals surface area contributed by atoms with Gasteiger partial charge in [-0.25, -0.2) is 0 Å². The fraction of sp³-hybridized carbons (Fsp3) is 0.368. The smallest absolute Gasteiger partial charge is 0.191 e. The van der Waals surface area contributed by atoms with Gasteiger partial charge in [0.2, 0.25) is 0 Å². The van der Waals surface area contributed by atoms with Crippen molar-refractivity contribution in [2.24, 2.45) is 4.99 Å². The second-order valence-corrected chi connectivity index (χ2v) is 5.47. The van der Waals surface area contributed by atoms with E-state index in [1.807, 2.05) is 24.4 Å². The average molecular weight is 438 g/mol. The molecule has 130 valence electrons. The Bertz CT molecular complexity index is 587. The molecule has 1 heterocycles. The Labute approximate surface area is 162 Å². The molecule has 2 aromatic rings. The van der Waals surface area contributed by atoms with Crippen LogP contribution < -0.4 is 10.6 Å². The Morgan fingerprint density at radius 2 is 1.83 bits per heavy atom. The molecule has 0 aliphatic rings. The maximum Gasteiger partial charge on any atom is 0.191 e. The summed E-state index contributed by atoms with van der Waals surface area (Å²) < 4.78 is 0. The van der Waals surface area contributed by atoms with Crippen molar-refractivity contribution in [2.45, 2.75) is 25.7 Å². The summed E-state index contributed by atoms with van der Waals surface area (Å²) in [5.74, 6) is 1.33. The van der Waals surface area contributed by atoms with E-state index in [4.69, 9.17) is 0 Å². The molecule has 0 aliphatic heterocycles. The molecule has 0 saturated carbocycles. The highest BCUT2D eigenvalue weighted by molar-refractivity contribution is 14.0. The summed E-state index contributed by atoms with van der Waals surface area (Å²) in [5.41, 5.74) is 2.46. The second-order valence-electron chi connectivity index (χ2n) is 5.47. The molecule has 4 nitrogen and oxygen atoms in total. The number of hydrogen-bond donors (Lipinski definition) is 2. The first kappa shape index (κ1) is 20.4. The van der Waals surface area contributed by atoms with Crippen LogP contribution in [0.5, 0.6) is 0 Å². The number of pyridine rings is 1. The molecule has 2 N–H and O–H groups in total. The minimum atomic E-state index is 0. The topological polar surface area (TPSA) is 49.3 Å². The molecular weight excluding hydrogens is 411 g/mol. The number of halogens is 1. The molecule has 0 saturated heterocycles. The van der Waals surface area contributed by atoms with Crippen molar-refractivity contribution in [1.82, 2.24) is 15.6 Å². The lowest BCUT2D eigenvalue weighted by Crippen LogP contribution is -2.40. The van der Waals surface area contributed by atoms with E-state index in [1.165, 1.54) is 5.56 Å². The van der Waals surface area contributed by atoms with Crippen molar-refractivity contribution in [3.8, 4) is 0 Å². The van der Waals surface area contributed by atoms with Crippen LogP contribution in [0, 0.1) is 0 Å². The van der Waals surface area contributed by atoms with Crippen molar-refractivity contribution in [2.75, 3.05) is 20.1 Å². The van der Waals surface area contributed by atoms with E-state index >= 15 is 0 Å². The third-order valence-electron chi connectivity index (χ3n) is 3.90. The number of hydrogen-bond acceptors (Lipinski definition) is 2. The summed E-state index contributed by atoms with van der Waals surface area (Å²) in [4.78, 5) is 8.62. The Morgan fingerprint density at radius 3 is 2.46 bits per heavy atom. The van der Waals surface area contributed by atoms with Gasteiger partial charge in [0.25, 0.3) is 0 Å². The zero-order valence-corrected chi connectivity index (χ0v) is 16.7. The highest BCUT2D eigenvalue weighted by atomic mass is 127. The molecular formula is C19H27IN4. The largest absolute Gasteiger partial charge is 0.356 e. The third kappa shape index (κ3) is 6.86. The third-order valence-corrected chi connectivity index (χ3v) is 3.90. The lowest BCUT2D eigenvalue weighted by atomic mass is 9.97. The Morgan fingerprint density at radius 1 is 1.08 bits per heavy atom. The van der Waals surface area contributed by atoms with Crippen LogP contribution in [0.15, 0.2) is 59.7 Å². The van der Waals surface area contributed by atoms with Crippen LogP contribution in [0.2, 0.25) is 0 Å². The van der Waals surface area contributed by atoms with E-state index in [0.717, 1.165) is 37.6 Å². The molecule has 0 radical (unpaired) electrons. The summed E-state index contributed by atoms with van der Waals surface area (Å²) in [7, 11) is 1.81. The van der Waals surface area contributed by atoms with Crippen molar-refractivity contribution >= 4 is 29.9 Å². The molecule has 24 heavy (non-hydrogen) atoms. The van der Waals surface area contributed by atoms with Crippen LogP contribution in [0.25, 0.3) is 0 Å². The van der Waals surface area contributed by atoms with Gasteiger partial charge in [0.15, 0.2) is 5.96 Å². The number of nitrogens with zero attached hydrogens (tertiary/aromatic N) is 2. The predicted octanol–water partition coefficient (Wildman–Crippen LogP) is 3.60. The van der Waals surface area contributed by atoms with Crippen molar-refractivity contribution in [3.63, 3.8) is 0 Å². The monoisotopic (exact) mass is 438 g/mol. The fourth-order valence-corrected chi connectivity index (χ4v) is 2.52. The number of benzene rings is 1. The van der Waals surface area contributed by atoms with Gasteiger partial charge in [0.1, 0.15) is 0 Å². The number of nitrogens with one attached hydrogen (secondary N) is 2. The Balaban J connectivity index is 0.00000288. The molecule has 2 rings (SSSR count). The van der Waals surface area contributed by atoms with Gasteiger partial charge in [0.05, 0.1) is 0 Å². The van der Waals surface area contributed by atoms with Crippen molar-refractivity contribution in [3.05, 3.63) is 66.0 Å². The average Bonchev–Trinajstić information content (AvgIpc) is 2.62. The Hall–Kier alpha value is -1.63. The van der Waals surface area contributed by atoms with E-state index in [9.17, 15) is 0 Å². The Kier molecular flexibility index (Phi) is 10.1. The van der Waals surface area contributed by atoms with Gasteiger partial charge >= 0.3 is 0 Å². The normalized spacial score (nSPS) is 12.2. The second kappa shape index (κ2) is 11.8. The van der Waals surface area contributed by atoms with Crippen LogP contribution in [-0.4, -0.2) is 31.1 Å². The quantitative estimate of drug-likeness (QED) is 0.395. The molecule has 1 atom stereocenters. The summed E-state index contributed by atoms with van der Waals surface area (Å²) in [6.45, 7) is 3.92. The zero-order chi connectivity index (χ0) is 16.3. The standard InChI is InChI=1S/C19H26N4.HI/c1-3-16(17-9-5-4-6-10-17)15-23-19(20-2)22-14-12-18-11-7-8-13-21-18;/h4-11,13,16H,3,12,14-15H2,1-2H3,(H2,20,22,23);1H. The molecule has 0 spiro atoms. The van der Waals surface area contributed by atoms with Crippen molar-refractivity contribution in [1.29, 1.82) is 0 Å². The van der Waals surface area contributed by atoms with Crippen LogP contribution >= 0.6 is 24.0 Å². The summed E-state index contributed by atoms with van der Waals surface area (Å²) in [6, 6.07) is 16.6.